The van der Waals surface area contributed by atoms with Crippen molar-refractivity contribution in [3.63, 3.8) is 0 Å². The number of rotatable bonds is 9. The summed E-state index contributed by atoms with van der Waals surface area (Å²) in [4.78, 5) is 15.6. The molecule has 2 aliphatic rings. The summed E-state index contributed by atoms with van der Waals surface area (Å²) in [5.41, 5.74) is 6.10. The summed E-state index contributed by atoms with van der Waals surface area (Å²) in [6.07, 6.45) is 6.00. The van der Waals surface area contributed by atoms with Gasteiger partial charge in [-0.2, -0.15) is 0 Å². The SMILES string of the molecule is CCN1C(=Cc2c([O-])[c+](C=C3N(CCCCCC(=O)O)c4c(ccc5ccccc45)C3(C)C)[c+]2[O-])C(C)(C)c2ccc3ccccc3c21. The first kappa shape index (κ1) is 31.6. The number of likely N-dealkylation sites (N-methyl/N-ethyl adjacent to an activating group) is 1. The van der Waals surface area contributed by atoms with Crippen molar-refractivity contribution >= 4 is 51.0 Å². The van der Waals surface area contributed by atoms with Gasteiger partial charge in [-0.15, -0.1) is 0 Å². The number of carboxylic acids is 1. The molecule has 0 aromatic heterocycles. The molecule has 0 spiro atoms. The van der Waals surface area contributed by atoms with Crippen LogP contribution in [-0.2, 0) is 15.6 Å². The quantitative estimate of drug-likeness (QED) is 0.129. The van der Waals surface area contributed by atoms with Crippen LogP contribution in [0.25, 0.3) is 33.7 Å². The van der Waals surface area contributed by atoms with E-state index in [4.69, 9.17) is 5.11 Å². The average molecular weight is 639 g/mol. The van der Waals surface area contributed by atoms with E-state index in [1.54, 1.807) is 0 Å². The van der Waals surface area contributed by atoms with Gasteiger partial charge in [0.2, 0.25) is 0 Å². The van der Waals surface area contributed by atoms with Crippen LogP contribution in [-0.4, -0.2) is 24.2 Å². The molecule has 6 heteroatoms. The molecule has 0 fully saturated rings. The number of carboxylic acid groups (broad SMARTS) is 1. The Morgan fingerprint density at radius 2 is 1.35 bits per heavy atom. The Balaban J connectivity index is 1.29. The zero-order chi connectivity index (χ0) is 34.0. The molecule has 1 N–H and O–H groups in total. The number of carbonyl (C=O) groups is 1. The van der Waals surface area contributed by atoms with Gasteiger partial charge in [-0.05, 0) is 69.4 Å². The molecule has 0 atom stereocenters. The normalized spacial score (nSPS) is 18.0. The number of anilines is 2. The van der Waals surface area contributed by atoms with Crippen LogP contribution in [0.5, 0.6) is 11.5 Å². The third-order valence-corrected chi connectivity index (χ3v) is 10.7. The highest BCUT2D eigenvalue weighted by atomic mass is 16.4. The van der Waals surface area contributed by atoms with Crippen LogP contribution in [0.1, 0.15) is 82.6 Å². The molecule has 7 rings (SSSR count). The van der Waals surface area contributed by atoms with Gasteiger partial charge in [-0.3, -0.25) is 9.69 Å². The highest BCUT2D eigenvalue weighted by molar-refractivity contribution is 6.02. The molecule has 0 saturated carbocycles. The van der Waals surface area contributed by atoms with Gasteiger partial charge in [0.1, 0.15) is 17.3 Å². The Morgan fingerprint density at radius 1 is 0.792 bits per heavy atom. The topological polar surface area (TPSA) is 89.9 Å². The lowest BCUT2D eigenvalue weighted by Crippen LogP contribution is -2.28. The number of fused-ring (bicyclic) bond motifs is 6. The zero-order valence-corrected chi connectivity index (χ0v) is 28.4. The summed E-state index contributed by atoms with van der Waals surface area (Å²) in [5, 5.41) is 41.6. The molecule has 0 unspecified atom stereocenters. The first-order valence-corrected chi connectivity index (χ1v) is 17.1. The van der Waals surface area contributed by atoms with Crippen LogP contribution in [0.2, 0.25) is 0 Å². The Morgan fingerprint density at radius 3 is 1.92 bits per heavy atom. The lowest BCUT2D eigenvalue weighted by molar-refractivity contribution is -0.293. The van der Waals surface area contributed by atoms with Gasteiger partial charge in [0.15, 0.2) is 5.56 Å². The maximum atomic E-state index is 13.9. The summed E-state index contributed by atoms with van der Waals surface area (Å²) < 4.78 is 0. The van der Waals surface area contributed by atoms with Crippen molar-refractivity contribution in [2.45, 2.75) is 71.1 Å². The molecule has 5 aromatic rings. The molecule has 0 bridgehead atoms. The lowest BCUT2D eigenvalue weighted by Gasteiger charge is -2.27. The number of nitrogens with zero attached hydrogens (tertiary/aromatic N) is 2. The molecule has 2 aliphatic heterocycles. The summed E-state index contributed by atoms with van der Waals surface area (Å²) in [5.74, 6) is -1.22. The summed E-state index contributed by atoms with van der Waals surface area (Å²) >= 11 is 0. The van der Waals surface area contributed by atoms with Crippen LogP contribution < -0.4 is 20.0 Å². The molecular weight excluding hydrogens is 596 g/mol. The second-order valence-electron chi connectivity index (χ2n) is 14.3. The van der Waals surface area contributed by atoms with Crippen molar-refractivity contribution in [1.82, 2.24) is 0 Å². The van der Waals surface area contributed by atoms with E-state index in [2.05, 4.69) is 99.0 Å². The maximum absolute atomic E-state index is 13.9. The first-order valence-electron chi connectivity index (χ1n) is 17.1. The minimum atomic E-state index is -0.782. The van der Waals surface area contributed by atoms with E-state index >= 15 is 0 Å². The number of unbranched alkanes of at least 4 members (excludes halogenated alkanes) is 2. The minimum Gasteiger partial charge on any atom is -0.820 e. The molecular formula is C42H42N2O4. The maximum Gasteiger partial charge on any atom is 0.303 e. The van der Waals surface area contributed by atoms with Crippen molar-refractivity contribution < 1.29 is 20.1 Å². The summed E-state index contributed by atoms with van der Waals surface area (Å²) in [6, 6.07) is 25.3. The van der Waals surface area contributed by atoms with Gasteiger partial charge in [0, 0.05) is 35.7 Å². The Bertz CT molecular complexity index is 2100. The van der Waals surface area contributed by atoms with Crippen LogP contribution in [0.4, 0.5) is 11.4 Å². The Labute approximate surface area is 282 Å². The number of aliphatic carboxylic acids is 1. The molecule has 48 heavy (non-hydrogen) atoms. The van der Waals surface area contributed by atoms with Gasteiger partial charge in [0.05, 0.1) is 40.1 Å². The average Bonchev–Trinajstić information content (AvgIpc) is 3.43. The fourth-order valence-corrected chi connectivity index (χ4v) is 8.06. The predicted molar refractivity (Wildman–Crippen MR) is 193 cm³/mol. The van der Waals surface area contributed by atoms with Crippen molar-refractivity contribution in [1.29, 1.82) is 0 Å². The molecule has 0 aliphatic carbocycles. The fourth-order valence-electron chi connectivity index (χ4n) is 8.06. The standard InChI is InChI=1S/C42H42N2O4/c1-6-43-34(41(2,3)32-21-19-26-14-9-11-16-28(26)37(32)43)24-30-39(47)31(40(30)48)25-35-42(4,5)33-22-20-27-15-10-12-17-29(27)38(33)44(35)23-13-7-8-18-36(45)46/h9-12,14-17,19-22,24-25H,6-8,13,18,23H2,1-5H3,(H-,45,46,47). The summed E-state index contributed by atoms with van der Waals surface area (Å²) in [7, 11) is 0. The minimum absolute atomic E-state index is 0.149. The molecule has 5 aromatic carbocycles. The second-order valence-corrected chi connectivity index (χ2v) is 14.3. The first-order chi connectivity index (χ1) is 23.0. The van der Waals surface area contributed by atoms with Crippen molar-refractivity contribution in [2.24, 2.45) is 0 Å². The van der Waals surface area contributed by atoms with E-state index in [9.17, 15) is 15.0 Å². The number of benzene rings is 4. The van der Waals surface area contributed by atoms with Crippen molar-refractivity contribution in [3.05, 3.63) is 106 Å². The van der Waals surface area contributed by atoms with Crippen molar-refractivity contribution in [3.8, 4) is 11.5 Å². The summed E-state index contributed by atoms with van der Waals surface area (Å²) in [6.45, 7) is 12.1. The molecule has 2 heterocycles. The fraction of sp³-hybridized carbons (Fsp3) is 0.310. The number of hydrogen-bond acceptors (Lipinski definition) is 5. The van der Waals surface area contributed by atoms with Gasteiger partial charge in [-0.25, -0.2) is 0 Å². The second kappa shape index (κ2) is 11.6. The van der Waals surface area contributed by atoms with Crippen LogP contribution >= 0.6 is 0 Å². The van der Waals surface area contributed by atoms with Gasteiger partial charge >= 0.3 is 5.97 Å². The molecule has 244 valence electrons. The van der Waals surface area contributed by atoms with Crippen LogP contribution in [0.3, 0.4) is 0 Å². The van der Waals surface area contributed by atoms with Crippen LogP contribution in [0, 0.1) is 0 Å². The smallest absolute Gasteiger partial charge is 0.303 e. The highest BCUT2D eigenvalue weighted by Crippen LogP contribution is 2.55. The number of allylic oxidation sites excluding steroid dienone is 2. The highest BCUT2D eigenvalue weighted by Gasteiger charge is 2.46. The Kier molecular flexibility index (Phi) is 7.66. The Hall–Kier alpha value is -4.97. The van der Waals surface area contributed by atoms with E-state index in [1.807, 2.05) is 30.4 Å². The molecule has 0 radical (unpaired) electrons. The largest absolute Gasteiger partial charge is 0.820 e. The molecule has 0 saturated heterocycles. The van der Waals surface area contributed by atoms with E-state index in [0.717, 1.165) is 57.3 Å². The zero-order valence-electron chi connectivity index (χ0n) is 28.4. The number of hydrogen-bond donors (Lipinski definition) is 1. The van der Waals surface area contributed by atoms with E-state index in [0.29, 0.717) is 19.5 Å². The van der Waals surface area contributed by atoms with E-state index < -0.39 is 11.4 Å². The van der Waals surface area contributed by atoms with Gasteiger partial charge < -0.3 is 20.2 Å². The monoisotopic (exact) mass is 638 g/mol. The van der Waals surface area contributed by atoms with Crippen LogP contribution in [0.15, 0.2) is 84.2 Å². The predicted octanol–water partition coefficient (Wildman–Crippen LogP) is 8.52. The lowest BCUT2D eigenvalue weighted by atomic mass is 9.81. The van der Waals surface area contributed by atoms with Crippen molar-refractivity contribution in [2.75, 3.05) is 22.9 Å². The third kappa shape index (κ3) is 4.80. The molecule has 6 nitrogen and oxygen atoms in total. The van der Waals surface area contributed by atoms with E-state index in [-0.39, 0.29) is 34.5 Å². The third-order valence-electron chi connectivity index (χ3n) is 10.7. The van der Waals surface area contributed by atoms with Gasteiger partial charge in [-0.1, -0.05) is 79.2 Å². The molecule has 0 amide bonds. The van der Waals surface area contributed by atoms with E-state index in [1.165, 1.54) is 10.9 Å². The van der Waals surface area contributed by atoms with Gasteiger partial charge in [0.25, 0.3) is 0 Å².